The second-order valence-corrected chi connectivity index (χ2v) is 11.9. The molecule has 0 aliphatic carbocycles. The molecule has 0 radical (unpaired) electrons. The van der Waals surface area contributed by atoms with Crippen molar-refractivity contribution in [3.63, 3.8) is 0 Å². The average Bonchev–Trinajstić information content (AvgIpc) is 2.90. The van der Waals surface area contributed by atoms with Gasteiger partial charge in [0.2, 0.25) is 0 Å². The molecule has 1 N–H and O–H groups in total. The monoisotopic (exact) mass is 515 g/mol. The number of aromatic hydroxyl groups is 1. The lowest BCUT2D eigenvalue weighted by Gasteiger charge is -2.17. The standard InChI is InChI=1S/C36H66O/c1-4-7-10-13-16-17-18-21-24-27-30-35-34(29-26-23-20-15-12-9-6-3)33(31-32-36(35)37)28-25-22-19-14-11-8-5-2/h31-32,37H,4-30H2,1-3H3. The number of hydrogen-bond acceptors (Lipinski definition) is 1. The van der Waals surface area contributed by atoms with Crippen LogP contribution in [0.1, 0.15) is 192 Å². The lowest BCUT2D eigenvalue weighted by molar-refractivity contribution is 0.463. The van der Waals surface area contributed by atoms with Gasteiger partial charge in [0.05, 0.1) is 0 Å². The van der Waals surface area contributed by atoms with Crippen LogP contribution in [0.2, 0.25) is 0 Å². The molecule has 0 aromatic heterocycles. The smallest absolute Gasteiger partial charge is 0.119 e. The summed E-state index contributed by atoms with van der Waals surface area (Å²) in [6, 6.07) is 4.27. The zero-order chi connectivity index (χ0) is 26.8. The molecule has 216 valence electrons. The molecule has 1 aromatic carbocycles. The van der Waals surface area contributed by atoms with Crippen molar-refractivity contribution in [1.29, 1.82) is 0 Å². The number of aryl methyl sites for hydroxylation is 1. The molecule has 0 amide bonds. The van der Waals surface area contributed by atoms with Crippen LogP contribution in [0.25, 0.3) is 0 Å². The van der Waals surface area contributed by atoms with Crippen LogP contribution in [0, 0.1) is 0 Å². The van der Waals surface area contributed by atoms with Crippen molar-refractivity contribution >= 4 is 0 Å². The molecule has 0 unspecified atom stereocenters. The summed E-state index contributed by atoms with van der Waals surface area (Å²) in [4.78, 5) is 0. The molecule has 37 heavy (non-hydrogen) atoms. The predicted octanol–water partition coefficient (Wildman–Crippen LogP) is 12.4. The Kier molecular flexibility index (Phi) is 23.3. The van der Waals surface area contributed by atoms with E-state index in [0.717, 1.165) is 6.42 Å². The van der Waals surface area contributed by atoms with Crippen molar-refractivity contribution in [2.45, 2.75) is 194 Å². The molecule has 1 rings (SSSR count). The summed E-state index contributed by atoms with van der Waals surface area (Å²) in [6.07, 6.45) is 36.2. The number of rotatable bonds is 27. The van der Waals surface area contributed by atoms with Gasteiger partial charge in [-0.1, -0.05) is 162 Å². The van der Waals surface area contributed by atoms with Gasteiger partial charge in [-0.3, -0.25) is 0 Å². The van der Waals surface area contributed by atoms with E-state index in [4.69, 9.17) is 0 Å². The van der Waals surface area contributed by atoms with E-state index in [1.807, 2.05) is 6.07 Å². The second-order valence-electron chi connectivity index (χ2n) is 11.9. The van der Waals surface area contributed by atoms with Gasteiger partial charge in [0.25, 0.3) is 0 Å². The Hall–Kier alpha value is -0.980. The highest BCUT2D eigenvalue weighted by atomic mass is 16.3. The minimum absolute atomic E-state index is 0.567. The molecule has 0 bridgehead atoms. The molecule has 0 saturated heterocycles. The molecule has 1 nitrogen and oxygen atoms in total. The van der Waals surface area contributed by atoms with Gasteiger partial charge < -0.3 is 5.11 Å². The van der Waals surface area contributed by atoms with Crippen LogP contribution in [0.5, 0.6) is 5.75 Å². The molecular weight excluding hydrogens is 448 g/mol. The third-order valence-electron chi connectivity index (χ3n) is 8.36. The quantitative estimate of drug-likeness (QED) is 0.116. The van der Waals surface area contributed by atoms with Gasteiger partial charge in [0, 0.05) is 0 Å². The molecule has 0 heterocycles. The third kappa shape index (κ3) is 18.0. The molecule has 0 atom stereocenters. The van der Waals surface area contributed by atoms with Crippen molar-refractivity contribution in [2.75, 3.05) is 0 Å². The first-order chi connectivity index (χ1) is 18.2. The van der Waals surface area contributed by atoms with E-state index in [1.165, 1.54) is 178 Å². The normalized spacial score (nSPS) is 11.4. The molecule has 1 aromatic rings. The summed E-state index contributed by atoms with van der Waals surface area (Å²) in [7, 11) is 0. The number of phenolic OH excluding ortho intramolecular Hbond substituents is 1. The first-order valence-electron chi connectivity index (χ1n) is 17.1. The van der Waals surface area contributed by atoms with Gasteiger partial charge in [0.1, 0.15) is 5.75 Å². The number of hydrogen-bond donors (Lipinski definition) is 1. The maximum absolute atomic E-state index is 10.9. The van der Waals surface area contributed by atoms with E-state index < -0.39 is 0 Å². The Morgan fingerprint density at radius 2 is 0.703 bits per heavy atom. The van der Waals surface area contributed by atoms with Crippen LogP contribution in [-0.4, -0.2) is 5.11 Å². The Bertz CT molecular complexity index is 619. The number of phenols is 1. The van der Waals surface area contributed by atoms with Gasteiger partial charge in [-0.15, -0.1) is 0 Å². The summed E-state index contributed by atoms with van der Waals surface area (Å²) in [5.41, 5.74) is 4.36. The van der Waals surface area contributed by atoms with Gasteiger partial charge in [0.15, 0.2) is 0 Å². The number of unbranched alkanes of at least 4 members (excludes halogenated alkanes) is 21. The Balaban J connectivity index is 2.54. The predicted molar refractivity (Wildman–Crippen MR) is 167 cm³/mol. The molecule has 1 heteroatoms. The average molecular weight is 515 g/mol. The van der Waals surface area contributed by atoms with E-state index in [9.17, 15) is 5.11 Å². The van der Waals surface area contributed by atoms with Crippen molar-refractivity contribution in [1.82, 2.24) is 0 Å². The minimum atomic E-state index is 0.567. The fourth-order valence-electron chi connectivity index (χ4n) is 5.87. The summed E-state index contributed by atoms with van der Waals surface area (Å²) >= 11 is 0. The summed E-state index contributed by atoms with van der Waals surface area (Å²) in [5, 5.41) is 10.9. The van der Waals surface area contributed by atoms with Gasteiger partial charge in [-0.25, -0.2) is 0 Å². The van der Waals surface area contributed by atoms with Gasteiger partial charge in [-0.2, -0.15) is 0 Å². The lowest BCUT2D eigenvalue weighted by Crippen LogP contribution is -2.03. The zero-order valence-electron chi connectivity index (χ0n) is 25.7. The van der Waals surface area contributed by atoms with Crippen LogP contribution in [-0.2, 0) is 19.3 Å². The van der Waals surface area contributed by atoms with Crippen molar-refractivity contribution in [2.24, 2.45) is 0 Å². The van der Waals surface area contributed by atoms with Crippen LogP contribution >= 0.6 is 0 Å². The number of benzene rings is 1. The van der Waals surface area contributed by atoms with Crippen molar-refractivity contribution in [3.8, 4) is 5.75 Å². The van der Waals surface area contributed by atoms with E-state index in [-0.39, 0.29) is 0 Å². The van der Waals surface area contributed by atoms with Crippen LogP contribution in [0.3, 0.4) is 0 Å². The third-order valence-corrected chi connectivity index (χ3v) is 8.36. The summed E-state index contributed by atoms with van der Waals surface area (Å²) in [6.45, 7) is 6.89. The first-order valence-corrected chi connectivity index (χ1v) is 17.1. The lowest BCUT2D eigenvalue weighted by atomic mass is 9.89. The zero-order valence-corrected chi connectivity index (χ0v) is 25.7. The first kappa shape index (κ1) is 34.0. The fraction of sp³-hybridized carbons (Fsp3) is 0.833. The molecule has 0 fully saturated rings. The topological polar surface area (TPSA) is 20.2 Å². The van der Waals surface area contributed by atoms with Crippen LogP contribution in [0.4, 0.5) is 0 Å². The molecule has 0 aliphatic rings. The highest BCUT2D eigenvalue weighted by molar-refractivity contribution is 5.45. The van der Waals surface area contributed by atoms with Crippen LogP contribution < -0.4 is 0 Å². The van der Waals surface area contributed by atoms with Crippen molar-refractivity contribution in [3.05, 3.63) is 28.8 Å². The van der Waals surface area contributed by atoms with E-state index in [0.29, 0.717) is 5.75 Å². The van der Waals surface area contributed by atoms with Crippen LogP contribution in [0.15, 0.2) is 12.1 Å². The molecule has 0 saturated carbocycles. The van der Waals surface area contributed by atoms with E-state index in [1.54, 1.807) is 5.56 Å². The maximum atomic E-state index is 10.9. The van der Waals surface area contributed by atoms with Gasteiger partial charge in [-0.05, 0) is 61.3 Å². The second kappa shape index (κ2) is 25.3. The summed E-state index contributed by atoms with van der Waals surface area (Å²) in [5.74, 6) is 0.567. The Morgan fingerprint density at radius 3 is 1.11 bits per heavy atom. The molecule has 0 spiro atoms. The highest BCUT2D eigenvalue weighted by Gasteiger charge is 2.13. The summed E-state index contributed by atoms with van der Waals surface area (Å²) < 4.78 is 0. The molecule has 0 aliphatic heterocycles. The Labute approximate surface area is 233 Å². The fourth-order valence-corrected chi connectivity index (χ4v) is 5.87. The van der Waals surface area contributed by atoms with E-state index in [2.05, 4.69) is 26.8 Å². The van der Waals surface area contributed by atoms with E-state index >= 15 is 0 Å². The Morgan fingerprint density at radius 1 is 0.378 bits per heavy atom. The maximum Gasteiger partial charge on any atom is 0.119 e. The largest absolute Gasteiger partial charge is 0.508 e. The highest BCUT2D eigenvalue weighted by Crippen LogP contribution is 2.30. The van der Waals surface area contributed by atoms with Crippen molar-refractivity contribution < 1.29 is 5.11 Å². The molecular formula is C36H66O. The van der Waals surface area contributed by atoms with Gasteiger partial charge >= 0.3 is 0 Å². The minimum Gasteiger partial charge on any atom is -0.508 e. The SMILES string of the molecule is CCCCCCCCCCCCc1c(O)ccc(CCCCCCCCC)c1CCCCCCCCC.